The van der Waals surface area contributed by atoms with Gasteiger partial charge < -0.3 is 39.8 Å². The Labute approximate surface area is 262 Å². The fourth-order valence-electron chi connectivity index (χ4n) is 5.05. The highest BCUT2D eigenvalue weighted by molar-refractivity contribution is 5.94. The van der Waals surface area contributed by atoms with Gasteiger partial charge in [-0.05, 0) is 47.4 Å². The summed E-state index contributed by atoms with van der Waals surface area (Å²) in [5.41, 5.74) is 4.30. The van der Waals surface area contributed by atoms with Crippen molar-refractivity contribution in [3.8, 4) is 11.5 Å². The molecular weight excluding hydrogens is 574 g/mol. The minimum atomic E-state index is -0.112. The van der Waals surface area contributed by atoms with Crippen molar-refractivity contribution in [1.29, 1.82) is 0 Å². The highest BCUT2D eigenvalue weighted by Crippen LogP contribution is 2.32. The van der Waals surface area contributed by atoms with Crippen LogP contribution in [0.25, 0.3) is 0 Å². The van der Waals surface area contributed by atoms with Crippen molar-refractivity contribution >= 4 is 23.8 Å². The number of ether oxygens (including phenoxy) is 4. The molecule has 3 aromatic carbocycles. The Balaban J connectivity index is 0.975. The number of hydrogen-bond acceptors (Lipinski definition) is 11. The van der Waals surface area contributed by atoms with E-state index in [4.69, 9.17) is 28.9 Å². The number of hydrogen-bond donors (Lipinski definition) is 3. The molecule has 1 aromatic heterocycles. The SMILES string of the molecule is O=C(NCCOCCOCCNc1nc(NCc2ccc3c(c2)OCO3)nc(N2CCc3ccccc3C2)n1)c1ccccc1. The van der Waals surface area contributed by atoms with Crippen LogP contribution in [0.1, 0.15) is 27.0 Å². The summed E-state index contributed by atoms with van der Waals surface area (Å²) in [6.45, 7) is 4.99. The van der Waals surface area contributed by atoms with E-state index in [0.717, 1.165) is 36.6 Å². The van der Waals surface area contributed by atoms with Crippen molar-refractivity contribution < 1.29 is 23.7 Å². The van der Waals surface area contributed by atoms with E-state index in [1.54, 1.807) is 12.1 Å². The number of nitrogens with zero attached hydrogens (tertiary/aromatic N) is 4. The average Bonchev–Trinajstić information content (AvgIpc) is 3.56. The molecule has 0 bridgehead atoms. The van der Waals surface area contributed by atoms with Gasteiger partial charge in [0.25, 0.3) is 5.91 Å². The summed E-state index contributed by atoms with van der Waals surface area (Å²) < 4.78 is 22.2. The first-order valence-corrected chi connectivity index (χ1v) is 15.1. The summed E-state index contributed by atoms with van der Waals surface area (Å²) in [7, 11) is 0. The maximum absolute atomic E-state index is 12.1. The molecule has 234 valence electrons. The molecule has 0 unspecified atom stereocenters. The van der Waals surface area contributed by atoms with Crippen LogP contribution in [0.5, 0.6) is 11.5 Å². The predicted molar refractivity (Wildman–Crippen MR) is 170 cm³/mol. The quantitative estimate of drug-likeness (QED) is 0.170. The second kappa shape index (κ2) is 15.2. The molecule has 45 heavy (non-hydrogen) atoms. The van der Waals surface area contributed by atoms with Gasteiger partial charge in [0.15, 0.2) is 11.5 Å². The molecule has 0 aliphatic carbocycles. The summed E-state index contributed by atoms with van der Waals surface area (Å²) in [6, 6.07) is 23.5. The largest absolute Gasteiger partial charge is 0.454 e. The molecule has 12 heteroatoms. The number of nitrogens with one attached hydrogen (secondary N) is 3. The zero-order valence-corrected chi connectivity index (χ0v) is 25.0. The van der Waals surface area contributed by atoms with Crippen molar-refractivity contribution in [3.63, 3.8) is 0 Å². The van der Waals surface area contributed by atoms with Crippen molar-refractivity contribution in [2.45, 2.75) is 19.5 Å². The molecule has 2 aliphatic heterocycles. The van der Waals surface area contributed by atoms with E-state index in [-0.39, 0.29) is 12.7 Å². The standard InChI is InChI=1S/C33H37N7O5/c41-30(26-7-2-1-3-8-26)34-13-16-42-18-19-43-17-14-35-31-37-32(36-21-24-10-11-28-29(20-24)45-23-44-28)39-33(38-31)40-15-12-25-6-4-5-9-27(25)22-40/h1-11,20H,12-19,21-23H2,(H,34,41)(H2,35,36,37,38,39). The number of aromatic nitrogens is 3. The third kappa shape index (κ3) is 8.37. The molecule has 0 saturated carbocycles. The molecule has 0 atom stereocenters. The molecule has 3 heterocycles. The number of rotatable bonds is 15. The highest BCUT2D eigenvalue weighted by atomic mass is 16.7. The minimum absolute atomic E-state index is 0.112. The van der Waals surface area contributed by atoms with Crippen LogP contribution in [-0.4, -0.2) is 73.7 Å². The van der Waals surface area contributed by atoms with Gasteiger partial charge in [0.2, 0.25) is 24.6 Å². The van der Waals surface area contributed by atoms with Crippen molar-refractivity contribution in [2.24, 2.45) is 0 Å². The maximum Gasteiger partial charge on any atom is 0.251 e. The zero-order chi connectivity index (χ0) is 30.7. The highest BCUT2D eigenvalue weighted by Gasteiger charge is 2.20. The van der Waals surface area contributed by atoms with E-state index < -0.39 is 0 Å². The summed E-state index contributed by atoms with van der Waals surface area (Å²) >= 11 is 0. The van der Waals surface area contributed by atoms with Crippen LogP contribution in [0, 0.1) is 0 Å². The average molecular weight is 612 g/mol. The number of anilines is 3. The van der Waals surface area contributed by atoms with Gasteiger partial charge in [0, 0.05) is 38.3 Å². The Hall–Kier alpha value is -4.94. The Bertz CT molecular complexity index is 1570. The lowest BCUT2D eigenvalue weighted by atomic mass is 10.0. The van der Waals surface area contributed by atoms with Gasteiger partial charge in [-0.1, -0.05) is 48.5 Å². The van der Waals surface area contributed by atoms with Crippen LogP contribution >= 0.6 is 0 Å². The topological polar surface area (TPSA) is 132 Å². The normalized spacial score (nSPS) is 13.3. The summed E-state index contributed by atoms with van der Waals surface area (Å²) in [5.74, 6) is 2.94. The summed E-state index contributed by atoms with van der Waals surface area (Å²) in [6.07, 6.45) is 0.930. The Morgan fingerprint density at radius 3 is 2.36 bits per heavy atom. The molecule has 4 aromatic rings. The Morgan fingerprint density at radius 1 is 0.778 bits per heavy atom. The van der Waals surface area contributed by atoms with Gasteiger partial charge in [-0.15, -0.1) is 0 Å². The fraction of sp³-hybridized carbons (Fsp3) is 0.333. The van der Waals surface area contributed by atoms with Crippen LogP contribution in [-0.2, 0) is 29.0 Å². The molecule has 0 radical (unpaired) electrons. The van der Waals surface area contributed by atoms with Crippen LogP contribution < -0.4 is 30.3 Å². The third-order valence-electron chi connectivity index (χ3n) is 7.39. The third-order valence-corrected chi connectivity index (χ3v) is 7.39. The van der Waals surface area contributed by atoms with Crippen molar-refractivity contribution in [2.75, 3.05) is 68.4 Å². The Kier molecular flexibility index (Phi) is 10.2. The number of carbonyl (C=O) groups is 1. The lowest BCUT2D eigenvalue weighted by Crippen LogP contribution is -2.32. The molecule has 2 aliphatic rings. The van der Waals surface area contributed by atoms with Gasteiger partial charge in [-0.3, -0.25) is 4.79 Å². The van der Waals surface area contributed by atoms with Gasteiger partial charge in [0.1, 0.15) is 0 Å². The van der Waals surface area contributed by atoms with Gasteiger partial charge in [-0.2, -0.15) is 15.0 Å². The molecule has 6 rings (SSSR count). The molecule has 1 amide bonds. The van der Waals surface area contributed by atoms with Crippen LogP contribution in [0.4, 0.5) is 17.8 Å². The fourth-order valence-corrected chi connectivity index (χ4v) is 5.05. The molecule has 0 saturated heterocycles. The lowest BCUT2D eigenvalue weighted by molar-refractivity contribution is 0.0519. The summed E-state index contributed by atoms with van der Waals surface area (Å²) in [4.78, 5) is 28.4. The molecule has 0 fully saturated rings. The molecular formula is C33H37N7O5. The predicted octanol–water partition coefficient (Wildman–Crippen LogP) is 3.65. The molecule has 0 spiro atoms. The first-order chi connectivity index (χ1) is 22.2. The van der Waals surface area contributed by atoms with Crippen molar-refractivity contribution in [1.82, 2.24) is 20.3 Å². The van der Waals surface area contributed by atoms with Crippen LogP contribution in [0.2, 0.25) is 0 Å². The van der Waals surface area contributed by atoms with Gasteiger partial charge in [0.05, 0.1) is 26.4 Å². The number of fused-ring (bicyclic) bond motifs is 2. The first kappa shape index (κ1) is 30.1. The Morgan fingerprint density at radius 2 is 1.51 bits per heavy atom. The summed E-state index contributed by atoms with van der Waals surface area (Å²) in [5, 5.41) is 9.46. The van der Waals surface area contributed by atoms with E-state index in [0.29, 0.717) is 69.5 Å². The first-order valence-electron chi connectivity index (χ1n) is 15.1. The minimum Gasteiger partial charge on any atom is -0.454 e. The zero-order valence-electron chi connectivity index (χ0n) is 25.0. The smallest absolute Gasteiger partial charge is 0.251 e. The molecule has 12 nitrogen and oxygen atoms in total. The number of carbonyl (C=O) groups excluding carboxylic acids is 1. The number of benzene rings is 3. The van der Waals surface area contributed by atoms with Crippen LogP contribution in [0.15, 0.2) is 72.8 Å². The van der Waals surface area contributed by atoms with E-state index in [1.807, 2.05) is 36.4 Å². The second-order valence-corrected chi connectivity index (χ2v) is 10.5. The number of amides is 1. The lowest BCUT2D eigenvalue weighted by Gasteiger charge is -2.29. The maximum atomic E-state index is 12.1. The monoisotopic (exact) mass is 611 g/mol. The van der Waals surface area contributed by atoms with E-state index in [2.05, 4.69) is 50.1 Å². The van der Waals surface area contributed by atoms with Gasteiger partial charge in [-0.25, -0.2) is 0 Å². The van der Waals surface area contributed by atoms with Crippen LogP contribution in [0.3, 0.4) is 0 Å². The second-order valence-electron chi connectivity index (χ2n) is 10.5. The van der Waals surface area contributed by atoms with Gasteiger partial charge >= 0.3 is 0 Å². The van der Waals surface area contributed by atoms with E-state index in [1.165, 1.54) is 11.1 Å². The molecule has 3 N–H and O–H groups in total. The van der Waals surface area contributed by atoms with Crippen molar-refractivity contribution in [3.05, 3.63) is 95.1 Å². The van der Waals surface area contributed by atoms with E-state index in [9.17, 15) is 4.79 Å². The van der Waals surface area contributed by atoms with E-state index >= 15 is 0 Å².